The minimum absolute atomic E-state index is 0.0709. The van der Waals surface area contributed by atoms with Gasteiger partial charge in [0.05, 0.1) is 15.7 Å². The molecule has 2 fully saturated rings. The van der Waals surface area contributed by atoms with E-state index in [9.17, 15) is 4.79 Å². The largest absolute Gasteiger partial charge is 0.370 e. The van der Waals surface area contributed by atoms with E-state index in [1.54, 1.807) is 6.07 Å². The van der Waals surface area contributed by atoms with Crippen molar-refractivity contribution in [3.05, 3.63) is 52.5 Å². The van der Waals surface area contributed by atoms with Crippen LogP contribution in [0, 0.1) is 0 Å². The van der Waals surface area contributed by atoms with Gasteiger partial charge in [-0.1, -0.05) is 29.3 Å². The summed E-state index contributed by atoms with van der Waals surface area (Å²) in [5.41, 5.74) is 2.94. The normalized spacial score (nSPS) is 19.3. The van der Waals surface area contributed by atoms with E-state index in [0.717, 1.165) is 24.5 Å². The van der Waals surface area contributed by atoms with Crippen LogP contribution in [0.1, 0.15) is 6.42 Å². The van der Waals surface area contributed by atoms with Gasteiger partial charge in [0.1, 0.15) is 0 Å². The molecule has 2 amide bonds. The molecular weight excluding hydrogens is 433 g/mol. The fraction of sp³-hybridized carbons (Fsp3) is 0.435. The zero-order chi connectivity index (χ0) is 22.0. The molecule has 166 valence electrons. The Bertz CT molecular complexity index is 913. The lowest BCUT2D eigenvalue weighted by Crippen LogP contribution is -2.50. The summed E-state index contributed by atoms with van der Waals surface area (Å²) < 4.78 is 0. The summed E-state index contributed by atoms with van der Waals surface area (Å²) in [5.74, 6) is 0. The zero-order valence-electron chi connectivity index (χ0n) is 18.0. The number of rotatable bonds is 4. The SMILES string of the molecule is CN(C)C1CCN(c2ccc(NC(=O)N3CCN(c4cccc(Cl)c4Cl)CC3)cc2)C1. The van der Waals surface area contributed by atoms with E-state index in [1.165, 1.54) is 12.1 Å². The Morgan fingerprint density at radius 1 is 0.968 bits per heavy atom. The van der Waals surface area contributed by atoms with E-state index in [1.807, 2.05) is 29.2 Å². The van der Waals surface area contributed by atoms with Gasteiger partial charge in [-0.25, -0.2) is 4.79 Å². The molecule has 0 radical (unpaired) electrons. The maximum atomic E-state index is 12.7. The molecule has 31 heavy (non-hydrogen) atoms. The molecule has 6 nitrogen and oxygen atoms in total. The van der Waals surface area contributed by atoms with Crippen LogP contribution in [0.15, 0.2) is 42.5 Å². The predicted octanol–water partition coefficient (Wildman–Crippen LogP) is 4.49. The molecule has 2 aliphatic rings. The van der Waals surface area contributed by atoms with Crippen LogP contribution in [0.2, 0.25) is 10.0 Å². The maximum absolute atomic E-state index is 12.7. The highest BCUT2D eigenvalue weighted by Gasteiger charge is 2.25. The maximum Gasteiger partial charge on any atom is 0.321 e. The van der Waals surface area contributed by atoms with Crippen molar-refractivity contribution >= 4 is 46.3 Å². The molecule has 0 aromatic heterocycles. The third kappa shape index (κ3) is 5.03. The number of nitrogens with zero attached hydrogens (tertiary/aromatic N) is 4. The van der Waals surface area contributed by atoms with Gasteiger partial charge in [0, 0.05) is 56.7 Å². The number of piperazine rings is 1. The van der Waals surface area contributed by atoms with Gasteiger partial charge in [0.15, 0.2) is 0 Å². The molecule has 2 aromatic carbocycles. The fourth-order valence-electron chi connectivity index (χ4n) is 4.24. The minimum Gasteiger partial charge on any atom is -0.370 e. The number of nitrogens with one attached hydrogen (secondary N) is 1. The van der Waals surface area contributed by atoms with Crippen molar-refractivity contribution in [3.63, 3.8) is 0 Å². The molecule has 2 saturated heterocycles. The molecule has 0 spiro atoms. The number of hydrogen-bond donors (Lipinski definition) is 1. The summed E-state index contributed by atoms with van der Waals surface area (Å²) in [5, 5.41) is 4.14. The van der Waals surface area contributed by atoms with Gasteiger partial charge < -0.3 is 24.9 Å². The molecule has 0 aliphatic carbocycles. The lowest BCUT2D eigenvalue weighted by Gasteiger charge is -2.36. The molecular formula is C23H29Cl2N5O. The van der Waals surface area contributed by atoms with Crippen LogP contribution in [0.25, 0.3) is 0 Å². The topological polar surface area (TPSA) is 42.1 Å². The Hall–Kier alpha value is -2.15. The summed E-state index contributed by atoms with van der Waals surface area (Å²) in [4.78, 5) is 21.4. The van der Waals surface area contributed by atoms with Crippen LogP contribution in [0.5, 0.6) is 0 Å². The highest BCUT2D eigenvalue weighted by Crippen LogP contribution is 2.33. The number of anilines is 3. The van der Waals surface area contributed by atoms with Crippen molar-refractivity contribution in [1.82, 2.24) is 9.80 Å². The second kappa shape index (κ2) is 9.55. The van der Waals surface area contributed by atoms with Crippen molar-refractivity contribution in [3.8, 4) is 0 Å². The summed E-state index contributed by atoms with van der Waals surface area (Å²) in [6.07, 6.45) is 1.18. The minimum atomic E-state index is -0.0709. The monoisotopic (exact) mass is 461 g/mol. The number of halogens is 2. The number of urea groups is 1. The van der Waals surface area contributed by atoms with Crippen molar-refractivity contribution in [2.24, 2.45) is 0 Å². The first-order valence-corrected chi connectivity index (χ1v) is 11.4. The van der Waals surface area contributed by atoms with Crippen molar-refractivity contribution in [1.29, 1.82) is 0 Å². The van der Waals surface area contributed by atoms with Gasteiger partial charge in [0.2, 0.25) is 0 Å². The summed E-state index contributed by atoms with van der Waals surface area (Å²) in [6.45, 7) is 4.80. The van der Waals surface area contributed by atoms with E-state index in [-0.39, 0.29) is 6.03 Å². The van der Waals surface area contributed by atoms with Gasteiger partial charge >= 0.3 is 6.03 Å². The first kappa shape index (κ1) is 22.1. The van der Waals surface area contributed by atoms with E-state index in [4.69, 9.17) is 23.2 Å². The van der Waals surface area contributed by atoms with Crippen LogP contribution < -0.4 is 15.1 Å². The second-order valence-corrected chi connectivity index (χ2v) is 9.16. The number of hydrogen-bond acceptors (Lipinski definition) is 4. The lowest BCUT2D eigenvalue weighted by molar-refractivity contribution is 0.208. The molecule has 2 heterocycles. The molecule has 2 aliphatic heterocycles. The highest BCUT2D eigenvalue weighted by atomic mass is 35.5. The average molecular weight is 462 g/mol. The smallest absolute Gasteiger partial charge is 0.321 e. The lowest BCUT2D eigenvalue weighted by atomic mass is 10.2. The molecule has 2 aromatic rings. The molecule has 1 N–H and O–H groups in total. The van der Waals surface area contributed by atoms with E-state index >= 15 is 0 Å². The van der Waals surface area contributed by atoms with Crippen LogP contribution in [-0.2, 0) is 0 Å². The third-order valence-corrected chi connectivity index (χ3v) is 7.03. The molecule has 0 bridgehead atoms. The predicted molar refractivity (Wildman–Crippen MR) is 130 cm³/mol. The van der Waals surface area contributed by atoms with Gasteiger partial charge in [-0.15, -0.1) is 0 Å². The van der Waals surface area contributed by atoms with Crippen LogP contribution in [0.3, 0.4) is 0 Å². The van der Waals surface area contributed by atoms with Crippen LogP contribution in [0.4, 0.5) is 21.9 Å². The Morgan fingerprint density at radius 3 is 2.32 bits per heavy atom. The molecule has 8 heteroatoms. The van der Waals surface area contributed by atoms with Crippen molar-refractivity contribution < 1.29 is 4.79 Å². The van der Waals surface area contributed by atoms with Crippen LogP contribution >= 0.6 is 23.2 Å². The quantitative estimate of drug-likeness (QED) is 0.728. The highest BCUT2D eigenvalue weighted by molar-refractivity contribution is 6.43. The number of carbonyl (C=O) groups excluding carboxylic acids is 1. The number of benzene rings is 2. The molecule has 1 atom stereocenters. The Morgan fingerprint density at radius 2 is 1.68 bits per heavy atom. The van der Waals surface area contributed by atoms with E-state index < -0.39 is 0 Å². The second-order valence-electron chi connectivity index (χ2n) is 8.38. The van der Waals surface area contributed by atoms with Gasteiger partial charge in [0.25, 0.3) is 0 Å². The third-order valence-electron chi connectivity index (χ3n) is 6.22. The molecule has 4 rings (SSSR count). The van der Waals surface area contributed by atoms with E-state index in [0.29, 0.717) is 42.3 Å². The standard InChI is InChI=1S/C23H29Cl2N5O/c1-27(2)19-10-11-30(16-19)18-8-6-17(7-9-18)26-23(31)29-14-12-28(13-15-29)21-5-3-4-20(24)22(21)25/h3-9,19H,10-16H2,1-2H3,(H,26,31). The number of amides is 2. The Labute approximate surface area is 194 Å². The number of likely N-dealkylation sites (N-methyl/N-ethyl adjacent to an activating group) is 1. The summed E-state index contributed by atoms with van der Waals surface area (Å²) >= 11 is 12.5. The number of carbonyl (C=O) groups is 1. The Kier molecular flexibility index (Phi) is 6.80. The van der Waals surface area contributed by atoms with Crippen molar-refractivity contribution in [2.75, 3.05) is 68.5 Å². The van der Waals surface area contributed by atoms with Gasteiger partial charge in [-0.2, -0.15) is 0 Å². The first-order chi connectivity index (χ1) is 14.9. The average Bonchev–Trinajstić information content (AvgIpc) is 3.27. The molecule has 1 unspecified atom stereocenters. The van der Waals surface area contributed by atoms with E-state index in [2.05, 4.69) is 46.2 Å². The summed E-state index contributed by atoms with van der Waals surface area (Å²) in [7, 11) is 4.27. The van der Waals surface area contributed by atoms with Gasteiger partial charge in [-0.3, -0.25) is 0 Å². The Balaban J connectivity index is 1.30. The zero-order valence-corrected chi connectivity index (χ0v) is 19.5. The molecule has 0 saturated carbocycles. The van der Waals surface area contributed by atoms with Gasteiger partial charge in [-0.05, 0) is 56.9 Å². The van der Waals surface area contributed by atoms with Crippen LogP contribution in [-0.4, -0.2) is 75.2 Å². The van der Waals surface area contributed by atoms with Crippen molar-refractivity contribution in [2.45, 2.75) is 12.5 Å². The fourth-order valence-corrected chi connectivity index (χ4v) is 4.66. The summed E-state index contributed by atoms with van der Waals surface area (Å²) in [6, 6.07) is 14.3. The first-order valence-electron chi connectivity index (χ1n) is 10.7.